The molecular formula is C24H17F4N3O3. The molecule has 0 unspecified atom stereocenters. The molecule has 174 valence electrons. The number of fused-ring (bicyclic) bond motifs is 1. The summed E-state index contributed by atoms with van der Waals surface area (Å²) in [5, 5.41) is 1.29. The van der Waals surface area contributed by atoms with Crippen molar-refractivity contribution in [3.8, 4) is 11.5 Å². The number of hydrazine groups is 1. The Morgan fingerprint density at radius 3 is 2.41 bits per heavy atom. The molecule has 2 amide bonds. The standard InChI is InChI=1S/C24H17F4N3O3/c1-30(18-9-10-20-21(12-18)34-24(27,28)33-20)23(32)31-13-19(14-5-7-16(25)8-6-14)22(29-31)15-3-2-4-17(26)11-15/h2-12,29H,13H2,1H3. The van der Waals surface area contributed by atoms with Crippen molar-refractivity contribution < 1.29 is 31.8 Å². The topological polar surface area (TPSA) is 54.0 Å². The normalized spacial score (nSPS) is 16.0. The van der Waals surface area contributed by atoms with E-state index in [9.17, 15) is 22.4 Å². The van der Waals surface area contributed by atoms with Crippen LogP contribution < -0.4 is 19.8 Å². The molecule has 3 aromatic carbocycles. The Balaban J connectivity index is 1.43. The highest BCUT2D eigenvalue weighted by atomic mass is 19.3. The summed E-state index contributed by atoms with van der Waals surface area (Å²) in [7, 11) is 1.47. The van der Waals surface area contributed by atoms with Gasteiger partial charge in [0, 0.05) is 29.9 Å². The predicted molar refractivity (Wildman–Crippen MR) is 116 cm³/mol. The Kier molecular flexibility index (Phi) is 5.07. The lowest BCUT2D eigenvalue weighted by Gasteiger charge is -2.25. The second kappa shape index (κ2) is 7.98. The van der Waals surface area contributed by atoms with Crippen LogP contribution in [-0.4, -0.2) is 30.9 Å². The molecule has 2 aliphatic heterocycles. The predicted octanol–water partition coefficient (Wildman–Crippen LogP) is 5.23. The number of hydrogen-bond acceptors (Lipinski definition) is 4. The van der Waals surface area contributed by atoms with Gasteiger partial charge in [0.2, 0.25) is 0 Å². The number of alkyl halides is 2. The number of hydrogen-bond donors (Lipinski definition) is 1. The fourth-order valence-corrected chi connectivity index (χ4v) is 3.80. The minimum absolute atomic E-state index is 0.0866. The van der Waals surface area contributed by atoms with Crippen molar-refractivity contribution >= 4 is 23.0 Å². The molecule has 0 aromatic heterocycles. The highest BCUT2D eigenvalue weighted by Crippen LogP contribution is 2.43. The summed E-state index contributed by atoms with van der Waals surface area (Å²) in [5.74, 6) is -1.20. The average molecular weight is 471 g/mol. The van der Waals surface area contributed by atoms with E-state index in [1.807, 2.05) is 0 Å². The molecule has 0 radical (unpaired) electrons. The Labute approximate surface area is 191 Å². The van der Waals surface area contributed by atoms with Crippen LogP contribution in [0.25, 0.3) is 11.3 Å². The number of nitrogens with one attached hydrogen (secondary N) is 1. The zero-order valence-corrected chi connectivity index (χ0v) is 17.7. The van der Waals surface area contributed by atoms with Crippen LogP contribution in [0.2, 0.25) is 0 Å². The monoisotopic (exact) mass is 471 g/mol. The molecule has 6 nitrogen and oxygen atoms in total. The van der Waals surface area contributed by atoms with Crippen LogP contribution in [0.5, 0.6) is 11.5 Å². The molecule has 0 fully saturated rings. The zero-order chi connectivity index (χ0) is 24.0. The molecule has 0 saturated heterocycles. The van der Waals surface area contributed by atoms with E-state index in [-0.39, 0.29) is 23.7 Å². The van der Waals surface area contributed by atoms with Gasteiger partial charge in [-0.25, -0.2) is 18.6 Å². The van der Waals surface area contributed by atoms with Crippen molar-refractivity contribution in [2.24, 2.45) is 0 Å². The van der Waals surface area contributed by atoms with Gasteiger partial charge in [-0.15, -0.1) is 8.78 Å². The molecule has 0 bridgehead atoms. The van der Waals surface area contributed by atoms with Crippen LogP contribution in [0.15, 0.2) is 66.7 Å². The van der Waals surface area contributed by atoms with E-state index in [1.165, 1.54) is 59.4 Å². The molecule has 0 atom stereocenters. The fourth-order valence-electron chi connectivity index (χ4n) is 3.80. The van der Waals surface area contributed by atoms with Gasteiger partial charge in [0.15, 0.2) is 11.5 Å². The van der Waals surface area contributed by atoms with E-state index >= 15 is 0 Å². The maximum atomic E-state index is 13.9. The first-order chi connectivity index (χ1) is 16.2. The average Bonchev–Trinajstić information content (AvgIpc) is 3.38. The largest absolute Gasteiger partial charge is 0.586 e. The van der Waals surface area contributed by atoms with Crippen molar-refractivity contribution in [3.05, 3.63) is 89.5 Å². The summed E-state index contributed by atoms with van der Waals surface area (Å²) in [6.45, 7) is 0.0866. The number of halogens is 4. The van der Waals surface area contributed by atoms with Crippen LogP contribution in [0.4, 0.5) is 28.0 Å². The number of carbonyl (C=O) groups excluding carboxylic acids is 1. The number of urea groups is 1. The van der Waals surface area contributed by atoms with Crippen molar-refractivity contribution in [1.29, 1.82) is 0 Å². The molecule has 1 N–H and O–H groups in total. The van der Waals surface area contributed by atoms with Gasteiger partial charge in [-0.05, 0) is 42.0 Å². The van der Waals surface area contributed by atoms with Crippen LogP contribution >= 0.6 is 0 Å². The second-order valence-electron chi connectivity index (χ2n) is 7.71. The highest BCUT2D eigenvalue weighted by Gasteiger charge is 2.43. The first kappa shape index (κ1) is 21.6. The van der Waals surface area contributed by atoms with E-state index in [2.05, 4.69) is 14.9 Å². The first-order valence-corrected chi connectivity index (χ1v) is 10.2. The van der Waals surface area contributed by atoms with Crippen molar-refractivity contribution in [3.63, 3.8) is 0 Å². The van der Waals surface area contributed by atoms with Gasteiger partial charge in [-0.1, -0.05) is 24.3 Å². The molecule has 2 aliphatic rings. The first-order valence-electron chi connectivity index (χ1n) is 10.2. The van der Waals surface area contributed by atoms with Crippen LogP contribution in [0.3, 0.4) is 0 Å². The Hall–Kier alpha value is -4.21. The lowest BCUT2D eigenvalue weighted by Crippen LogP contribution is -2.45. The van der Waals surface area contributed by atoms with Gasteiger partial charge < -0.3 is 9.47 Å². The molecule has 10 heteroatoms. The van der Waals surface area contributed by atoms with E-state index in [4.69, 9.17) is 0 Å². The van der Waals surface area contributed by atoms with Crippen molar-refractivity contribution in [1.82, 2.24) is 10.4 Å². The number of rotatable bonds is 3. The van der Waals surface area contributed by atoms with Gasteiger partial charge >= 0.3 is 12.3 Å². The van der Waals surface area contributed by atoms with Gasteiger partial charge in [0.1, 0.15) is 11.6 Å². The maximum Gasteiger partial charge on any atom is 0.586 e. The Bertz CT molecular complexity index is 1310. The fraction of sp³-hybridized carbons (Fsp3) is 0.125. The van der Waals surface area contributed by atoms with Gasteiger partial charge in [-0.2, -0.15) is 0 Å². The molecular weight excluding hydrogens is 454 g/mol. The molecule has 0 saturated carbocycles. The molecule has 3 aromatic rings. The number of benzene rings is 3. The van der Waals surface area contributed by atoms with Crippen LogP contribution in [0.1, 0.15) is 11.1 Å². The summed E-state index contributed by atoms with van der Waals surface area (Å²) in [5.41, 5.74) is 5.57. The summed E-state index contributed by atoms with van der Waals surface area (Å²) >= 11 is 0. The smallest absolute Gasteiger partial charge is 0.395 e. The van der Waals surface area contributed by atoms with E-state index in [0.717, 1.165) is 0 Å². The third-order valence-electron chi connectivity index (χ3n) is 5.46. The summed E-state index contributed by atoms with van der Waals surface area (Å²) in [4.78, 5) is 14.5. The second-order valence-corrected chi connectivity index (χ2v) is 7.71. The van der Waals surface area contributed by atoms with Crippen molar-refractivity contribution in [2.75, 3.05) is 18.5 Å². The number of anilines is 1. The molecule has 0 spiro atoms. The number of carbonyl (C=O) groups is 1. The lowest BCUT2D eigenvalue weighted by atomic mass is 10.0. The summed E-state index contributed by atoms with van der Waals surface area (Å²) in [6.07, 6.45) is -3.77. The number of amides is 2. The van der Waals surface area contributed by atoms with Gasteiger partial charge in [0.25, 0.3) is 0 Å². The van der Waals surface area contributed by atoms with Crippen molar-refractivity contribution in [2.45, 2.75) is 6.29 Å². The Morgan fingerprint density at radius 1 is 0.941 bits per heavy atom. The van der Waals surface area contributed by atoms with E-state index in [0.29, 0.717) is 22.4 Å². The summed E-state index contributed by atoms with van der Waals surface area (Å²) in [6, 6.07) is 15.1. The quantitative estimate of drug-likeness (QED) is 0.532. The minimum atomic E-state index is -3.77. The van der Waals surface area contributed by atoms with E-state index < -0.39 is 24.0 Å². The van der Waals surface area contributed by atoms with Crippen LogP contribution in [-0.2, 0) is 0 Å². The SMILES string of the molecule is CN(C(=O)N1CC(c2ccc(F)cc2)=C(c2cccc(F)c2)N1)c1ccc2c(c1)OC(F)(F)O2. The van der Waals surface area contributed by atoms with Gasteiger partial charge in [0.05, 0.1) is 12.2 Å². The summed E-state index contributed by atoms with van der Waals surface area (Å²) < 4.78 is 62.9. The van der Waals surface area contributed by atoms with Crippen LogP contribution in [0, 0.1) is 11.6 Å². The highest BCUT2D eigenvalue weighted by molar-refractivity contribution is 5.99. The molecule has 0 aliphatic carbocycles. The number of ether oxygens (including phenoxy) is 2. The molecule has 5 rings (SSSR count). The maximum absolute atomic E-state index is 13.9. The number of nitrogens with zero attached hydrogens (tertiary/aromatic N) is 2. The Morgan fingerprint density at radius 2 is 1.68 bits per heavy atom. The third kappa shape index (κ3) is 3.98. The van der Waals surface area contributed by atoms with E-state index in [1.54, 1.807) is 24.3 Å². The zero-order valence-electron chi connectivity index (χ0n) is 17.7. The molecule has 34 heavy (non-hydrogen) atoms. The third-order valence-corrected chi connectivity index (χ3v) is 5.46. The lowest BCUT2D eigenvalue weighted by molar-refractivity contribution is -0.286. The van der Waals surface area contributed by atoms with Gasteiger partial charge in [-0.3, -0.25) is 10.3 Å². The minimum Gasteiger partial charge on any atom is -0.395 e. The molecule has 2 heterocycles.